The van der Waals surface area contributed by atoms with Gasteiger partial charge in [0.25, 0.3) is 0 Å². The third kappa shape index (κ3) is 19.8. The third-order valence-electron chi connectivity index (χ3n) is 16.6. The Morgan fingerprint density at radius 2 is 1.18 bits per heavy atom. The van der Waals surface area contributed by atoms with Crippen LogP contribution in [0.4, 0.5) is 16.2 Å². The predicted octanol–water partition coefficient (Wildman–Crippen LogP) is 9.75. The molecule has 0 bridgehead atoms. The number of carboxylic acid groups (broad SMARTS) is 1. The smallest absolute Gasteiger partial charge is 0.410 e. The number of carbonyl (C=O) groups excluding carboxylic acids is 4. The first-order chi connectivity index (χ1) is 40.1. The number of piperazine rings is 2. The number of nitrogens with zero attached hydrogens (tertiary/aromatic N) is 5. The van der Waals surface area contributed by atoms with E-state index >= 15 is 0 Å². The number of carbonyl (C=O) groups is 5. The van der Waals surface area contributed by atoms with E-state index in [0.29, 0.717) is 50.1 Å². The minimum Gasteiger partial charge on any atom is -0.490 e. The molecule has 4 fully saturated rings. The fraction of sp³-hybridized carbons (Fsp3) is 0.567. The summed E-state index contributed by atoms with van der Waals surface area (Å²) < 4.78 is 23.3. The first-order valence-electron chi connectivity index (χ1n) is 30.6. The summed E-state index contributed by atoms with van der Waals surface area (Å²) in [4.78, 5) is 72.9. The Morgan fingerprint density at radius 3 is 1.64 bits per heavy atom. The van der Waals surface area contributed by atoms with Crippen molar-refractivity contribution >= 4 is 41.2 Å². The Morgan fingerprint density at radius 1 is 0.667 bits per heavy atom. The van der Waals surface area contributed by atoms with Gasteiger partial charge in [-0.15, -0.1) is 0 Å². The Balaban J connectivity index is 0.000000241. The summed E-state index contributed by atoms with van der Waals surface area (Å²) in [5.74, 6) is 0.840. The number of rotatable bonds is 20. The maximum atomic E-state index is 13.4. The van der Waals surface area contributed by atoms with Crippen molar-refractivity contribution in [1.82, 2.24) is 25.3 Å². The number of anilines is 2. The molecule has 0 aromatic heterocycles. The van der Waals surface area contributed by atoms with Crippen LogP contribution in [-0.2, 0) is 54.6 Å². The van der Waals surface area contributed by atoms with Crippen molar-refractivity contribution in [3.8, 4) is 11.5 Å². The van der Waals surface area contributed by atoms with E-state index in [0.717, 1.165) is 125 Å². The zero-order valence-corrected chi connectivity index (χ0v) is 51.8. The molecule has 4 aromatic rings. The maximum Gasteiger partial charge on any atom is 0.410 e. The van der Waals surface area contributed by atoms with Gasteiger partial charge in [0.05, 0.1) is 31.7 Å². The van der Waals surface area contributed by atoms with Crippen LogP contribution < -0.4 is 29.9 Å². The summed E-state index contributed by atoms with van der Waals surface area (Å²) in [6.07, 6.45) is 6.51. The largest absolute Gasteiger partial charge is 0.490 e. The predicted molar refractivity (Wildman–Crippen MR) is 330 cm³/mol. The first-order valence-corrected chi connectivity index (χ1v) is 30.6. The molecule has 2 heterocycles. The van der Waals surface area contributed by atoms with Crippen LogP contribution in [0.2, 0.25) is 0 Å². The summed E-state index contributed by atoms with van der Waals surface area (Å²) in [7, 11) is 3.75. The number of benzene rings is 4. The minimum atomic E-state index is -0.866. The second-order valence-corrected chi connectivity index (χ2v) is 24.6. The number of amides is 4. The number of carboxylic acids is 1. The van der Waals surface area contributed by atoms with Gasteiger partial charge in [0.15, 0.2) is 0 Å². The van der Waals surface area contributed by atoms with Crippen molar-refractivity contribution in [3.05, 3.63) is 118 Å². The van der Waals surface area contributed by atoms with Gasteiger partial charge in [-0.1, -0.05) is 36.4 Å². The second kappa shape index (κ2) is 31.0. The van der Waals surface area contributed by atoms with Gasteiger partial charge in [-0.3, -0.25) is 29.0 Å². The second-order valence-electron chi connectivity index (χ2n) is 24.6. The highest BCUT2D eigenvalue weighted by molar-refractivity contribution is 5.95. The van der Waals surface area contributed by atoms with Crippen molar-refractivity contribution in [2.45, 2.75) is 163 Å². The van der Waals surface area contributed by atoms with E-state index in [9.17, 15) is 24.0 Å². The fourth-order valence-corrected chi connectivity index (χ4v) is 11.9. The summed E-state index contributed by atoms with van der Waals surface area (Å²) >= 11 is 0. The molecular weight excluding hydrogens is 1060 g/mol. The molecule has 0 spiro atoms. The molecule has 2 saturated heterocycles. The molecule has 17 heteroatoms. The molecule has 4 aliphatic rings. The van der Waals surface area contributed by atoms with Crippen molar-refractivity contribution < 1.29 is 48.0 Å². The quantitative estimate of drug-likeness (QED) is 0.0712. The average molecular weight is 1160 g/mol. The fourth-order valence-electron chi connectivity index (χ4n) is 11.9. The van der Waals surface area contributed by atoms with Crippen LogP contribution in [0.1, 0.15) is 126 Å². The van der Waals surface area contributed by atoms with Gasteiger partial charge in [0.1, 0.15) is 17.1 Å². The van der Waals surface area contributed by atoms with Gasteiger partial charge in [-0.05, 0) is 189 Å². The first kappa shape index (κ1) is 65.0. The lowest BCUT2D eigenvalue weighted by Gasteiger charge is -2.40. The SMILES string of the molecule is CCOCCNC(=O)Cc1cccc(OC2CCC(C(=O)N(C)c3ccc(CN4CCN[C@@H](C)C4)c(C)c3)CC2)c1.Cc1cc(N(C)C(=O)C2CCC(Oc3cccc(CC(=O)O)c3)CC2)ccc1CN1CCN(C(=O)OC(C)(C)C)[C@@H](C)C1. The normalized spacial score (nSPS) is 21.3. The monoisotopic (exact) mass is 1160 g/mol. The molecule has 2 saturated carbocycles. The Labute approximate surface area is 499 Å². The summed E-state index contributed by atoms with van der Waals surface area (Å²) in [6.45, 7) is 24.9. The van der Waals surface area contributed by atoms with E-state index in [2.05, 4.69) is 78.5 Å². The van der Waals surface area contributed by atoms with Crippen molar-refractivity contribution in [2.24, 2.45) is 11.8 Å². The standard InChI is InChI=1S/C34H47N3O6.C33H48N4O4/c1-23-18-28(13-10-27(23)22-36-16-17-37(24(2)21-36)33(41)43-34(3,4)5)35(6)32(40)26-11-14-29(15-12-26)42-30-9-7-8-25(19-30)20-31(38)39;1-5-40-18-16-35-32(38)21-26-7-6-8-31(20-26)41-30-13-10-27(11-14-30)33(39)36(4)29-12-9-28(24(2)19-29)23-37-17-15-34-25(3)22-37/h7-10,13,18-19,24,26,29H,11-12,14-17,20-22H2,1-6H3,(H,38,39);6-9,12,19-20,25,27,30,34H,5,10-11,13-18,21-23H2,1-4H3,(H,35,38)/t24-,26?,29?;25-,27?,30?/m00/s1. The van der Waals surface area contributed by atoms with Crippen LogP contribution in [0.15, 0.2) is 84.9 Å². The Kier molecular flexibility index (Phi) is 24.0. The Bertz CT molecular complexity index is 2820. The molecular formula is C67H95N7O10. The maximum absolute atomic E-state index is 13.4. The molecule has 84 heavy (non-hydrogen) atoms. The van der Waals surface area contributed by atoms with E-state index in [1.165, 1.54) is 16.7 Å². The molecule has 0 unspecified atom stereocenters. The number of aliphatic carboxylic acids is 1. The van der Waals surface area contributed by atoms with Gasteiger partial charge in [-0.2, -0.15) is 0 Å². The van der Waals surface area contributed by atoms with E-state index in [1.54, 1.807) is 17.0 Å². The highest BCUT2D eigenvalue weighted by Crippen LogP contribution is 2.33. The molecule has 458 valence electrons. The van der Waals surface area contributed by atoms with Crippen LogP contribution in [-0.4, -0.2) is 153 Å². The van der Waals surface area contributed by atoms with Crippen molar-refractivity contribution in [3.63, 3.8) is 0 Å². The van der Waals surface area contributed by atoms with Gasteiger partial charge in [0, 0.05) is 115 Å². The zero-order valence-electron chi connectivity index (χ0n) is 51.8. The number of ether oxygens (including phenoxy) is 4. The summed E-state index contributed by atoms with van der Waals surface area (Å²) in [6, 6.07) is 28.3. The lowest BCUT2D eigenvalue weighted by molar-refractivity contribution is -0.136. The van der Waals surface area contributed by atoms with Crippen LogP contribution >= 0.6 is 0 Å². The number of hydrogen-bond acceptors (Lipinski definition) is 12. The van der Waals surface area contributed by atoms with Crippen molar-refractivity contribution in [1.29, 1.82) is 0 Å². The van der Waals surface area contributed by atoms with E-state index < -0.39 is 11.6 Å². The molecule has 4 amide bonds. The number of aryl methyl sites for hydroxylation is 2. The van der Waals surface area contributed by atoms with Crippen LogP contribution in [0.3, 0.4) is 0 Å². The van der Waals surface area contributed by atoms with Gasteiger partial charge in [0.2, 0.25) is 17.7 Å². The van der Waals surface area contributed by atoms with Gasteiger partial charge in [-0.25, -0.2) is 4.79 Å². The average Bonchev–Trinajstić information content (AvgIpc) is 3.51. The summed E-state index contributed by atoms with van der Waals surface area (Å²) in [5.41, 5.74) is 7.90. The molecule has 0 radical (unpaired) electrons. The molecule has 2 atom stereocenters. The molecule has 2 aliphatic carbocycles. The third-order valence-corrected chi connectivity index (χ3v) is 16.6. The van der Waals surface area contributed by atoms with Gasteiger partial charge >= 0.3 is 12.1 Å². The molecule has 3 N–H and O–H groups in total. The molecule has 17 nitrogen and oxygen atoms in total. The van der Waals surface area contributed by atoms with Crippen LogP contribution in [0.5, 0.6) is 11.5 Å². The molecule has 2 aliphatic heterocycles. The van der Waals surface area contributed by atoms with Crippen molar-refractivity contribution in [2.75, 3.05) is 82.9 Å². The van der Waals surface area contributed by atoms with E-state index in [-0.39, 0.29) is 60.3 Å². The highest BCUT2D eigenvalue weighted by Gasteiger charge is 2.34. The Hall–Kier alpha value is -6.53. The highest BCUT2D eigenvalue weighted by atomic mass is 16.6. The zero-order chi connectivity index (χ0) is 60.5. The minimum absolute atomic E-state index is 0.00823. The van der Waals surface area contributed by atoms with E-state index in [1.807, 2.05) is 94.1 Å². The number of hydrogen-bond donors (Lipinski definition) is 3. The molecule has 4 aromatic carbocycles. The lowest BCUT2D eigenvalue weighted by atomic mass is 9.86. The molecule has 8 rings (SSSR count). The van der Waals surface area contributed by atoms with E-state index in [4.69, 9.17) is 24.1 Å². The summed E-state index contributed by atoms with van der Waals surface area (Å²) in [5, 5.41) is 15.4. The topological polar surface area (TPSA) is 183 Å². The van der Waals surface area contributed by atoms with Gasteiger partial charge < -0.3 is 49.4 Å². The lowest BCUT2D eigenvalue weighted by Crippen LogP contribution is -2.54. The van der Waals surface area contributed by atoms with Crippen LogP contribution in [0.25, 0.3) is 0 Å². The number of nitrogens with one attached hydrogen (secondary N) is 2. The van der Waals surface area contributed by atoms with Crippen LogP contribution in [0, 0.1) is 25.7 Å².